The van der Waals surface area contributed by atoms with Crippen molar-refractivity contribution < 1.29 is 4.79 Å². The topological polar surface area (TPSA) is 70.7 Å². The smallest absolute Gasteiger partial charge is 0.277 e. The van der Waals surface area contributed by atoms with Crippen LogP contribution in [0.5, 0.6) is 0 Å². The maximum absolute atomic E-state index is 11.6. The summed E-state index contributed by atoms with van der Waals surface area (Å²) in [5.74, 6) is 0.251. The molecule has 2 heterocycles. The molecule has 0 spiro atoms. The SMILES string of the molecule is Cc1cc(C(=O)Nc2ccccn2)n[nH]1. The van der Waals surface area contributed by atoms with Crippen LogP contribution in [0, 0.1) is 6.92 Å². The lowest BCUT2D eigenvalue weighted by Crippen LogP contribution is -2.13. The molecular weight excluding hydrogens is 192 g/mol. The summed E-state index contributed by atoms with van der Waals surface area (Å²) in [6, 6.07) is 6.99. The maximum Gasteiger partial charge on any atom is 0.277 e. The summed E-state index contributed by atoms with van der Waals surface area (Å²) in [5, 5.41) is 9.19. The molecule has 0 radical (unpaired) electrons. The molecule has 2 N–H and O–H groups in total. The quantitative estimate of drug-likeness (QED) is 0.772. The molecule has 2 aromatic rings. The highest BCUT2D eigenvalue weighted by atomic mass is 16.2. The van der Waals surface area contributed by atoms with E-state index in [4.69, 9.17) is 0 Å². The predicted octanol–water partition coefficient (Wildman–Crippen LogP) is 1.37. The molecule has 1 amide bonds. The molecule has 2 aromatic heterocycles. The Kier molecular flexibility index (Phi) is 2.45. The van der Waals surface area contributed by atoms with Crippen molar-refractivity contribution in [3.63, 3.8) is 0 Å². The Morgan fingerprint density at radius 2 is 2.33 bits per heavy atom. The van der Waals surface area contributed by atoms with Crippen molar-refractivity contribution in [2.45, 2.75) is 6.92 Å². The zero-order chi connectivity index (χ0) is 10.7. The first kappa shape index (κ1) is 9.39. The van der Waals surface area contributed by atoms with Crippen LogP contribution in [0.1, 0.15) is 16.2 Å². The summed E-state index contributed by atoms with van der Waals surface area (Å²) in [4.78, 5) is 15.6. The lowest BCUT2D eigenvalue weighted by Gasteiger charge is -1.99. The predicted molar refractivity (Wildman–Crippen MR) is 55.5 cm³/mol. The molecule has 0 saturated heterocycles. The number of aryl methyl sites for hydroxylation is 1. The fourth-order valence-corrected chi connectivity index (χ4v) is 1.15. The van der Waals surface area contributed by atoms with Gasteiger partial charge < -0.3 is 5.32 Å². The number of rotatable bonds is 2. The van der Waals surface area contributed by atoms with Crippen molar-refractivity contribution >= 4 is 11.7 Å². The van der Waals surface area contributed by atoms with Gasteiger partial charge in [0.1, 0.15) is 5.82 Å². The van der Waals surface area contributed by atoms with Crippen molar-refractivity contribution in [2.24, 2.45) is 0 Å². The van der Waals surface area contributed by atoms with Gasteiger partial charge in [-0.25, -0.2) is 4.98 Å². The summed E-state index contributed by atoms with van der Waals surface area (Å²) >= 11 is 0. The maximum atomic E-state index is 11.6. The highest BCUT2D eigenvalue weighted by molar-refractivity contribution is 6.02. The van der Waals surface area contributed by atoms with Gasteiger partial charge in [0.2, 0.25) is 0 Å². The van der Waals surface area contributed by atoms with Gasteiger partial charge in [0.25, 0.3) is 5.91 Å². The minimum atomic E-state index is -0.266. The van der Waals surface area contributed by atoms with E-state index in [0.29, 0.717) is 11.5 Å². The Balaban J connectivity index is 2.11. The largest absolute Gasteiger partial charge is 0.305 e. The lowest BCUT2D eigenvalue weighted by molar-refractivity contribution is 0.102. The van der Waals surface area contributed by atoms with Crippen molar-refractivity contribution in [3.05, 3.63) is 41.9 Å². The van der Waals surface area contributed by atoms with Gasteiger partial charge in [0.05, 0.1) is 0 Å². The minimum Gasteiger partial charge on any atom is -0.305 e. The molecule has 2 rings (SSSR count). The first-order chi connectivity index (χ1) is 7.25. The Hall–Kier alpha value is -2.17. The van der Waals surface area contributed by atoms with Crippen molar-refractivity contribution in [1.29, 1.82) is 0 Å². The van der Waals surface area contributed by atoms with E-state index < -0.39 is 0 Å². The number of anilines is 1. The van der Waals surface area contributed by atoms with Crippen molar-refractivity contribution in [3.8, 4) is 0 Å². The third-order valence-electron chi connectivity index (χ3n) is 1.85. The molecule has 0 aliphatic rings. The highest BCUT2D eigenvalue weighted by Crippen LogP contribution is 2.04. The first-order valence-electron chi connectivity index (χ1n) is 4.50. The summed E-state index contributed by atoms with van der Waals surface area (Å²) in [6.07, 6.45) is 1.62. The van der Waals surface area contributed by atoms with Crippen LogP contribution in [0.25, 0.3) is 0 Å². The van der Waals surface area contributed by atoms with Gasteiger partial charge in [-0.2, -0.15) is 5.10 Å². The number of aromatic amines is 1. The van der Waals surface area contributed by atoms with Gasteiger partial charge >= 0.3 is 0 Å². The van der Waals surface area contributed by atoms with E-state index in [2.05, 4.69) is 20.5 Å². The monoisotopic (exact) mass is 202 g/mol. The van der Waals surface area contributed by atoms with Gasteiger partial charge in [-0.05, 0) is 25.1 Å². The standard InChI is InChI=1S/C10H10N4O/c1-7-6-8(14-13-7)10(15)12-9-4-2-3-5-11-9/h2-6H,1H3,(H,13,14)(H,11,12,15). The van der Waals surface area contributed by atoms with E-state index in [-0.39, 0.29) is 5.91 Å². The number of hydrogen-bond donors (Lipinski definition) is 2. The number of hydrogen-bond acceptors (Lipinski definition) is 3. The van der Waals surface area contributed by atoms with Crippen LogP contribution in [-0.2, 0) is 0 Å². The second-order valence-electron chi connectivity index (χ2n) is 3.11. The summed E-state index contributed by atoms with van der Waals surface area (Å²) in [7, 11) is 0. The van der Waals surface area contributed by atoms with E-state index in [1.165, 1.54) is 0 Å². The third-order valence-corrected chi connectivity index (χ3v) is 1.85. The molecule has 0 aromatic carbocycles. The summed E-state index contributed by atoms with van der Waals surface area (Å²) in [5.41, 5.74) is 1.21. The van der Waals surface area contributed by atoms with Gasteiger partial charge in [-0.3, -0.25) is 9.89 Å². The van der Waals surface area contributed by atoms with E-state index in [0.717, 1.165) is 5.69 Å². The van der Waals surface area contributed by atoms with Gasteiger partial charge in [-0.15, -0.1) is 0 Å². The number of carbonyl (C=O) groups excluding carboxylic acids is 1. The Morgan fingerprint density at radius 1 is 1.47 bits per heavy atom. The van der Waals surface area contributed by atoms with Crippen LogP contribution in [0.15, 0.2) is 30.5 Å². The molecule has 0 aliphatic carbocycles. The molecule has 0 bridgehead atoms. The lowest BCUT2D eigenvalue weighted by atomic mass is 10.3. The number of nitrogens with one attached hydrogen (secondary N) is 2. The zero-order valence-electron chi connectivity index (χ0n) is 8.19. The fraction of sp³-hybridized carbons (Fsp3) is 0.100. The Bertz CT molecular complexity index is 463. The van der Waals surface area contributed by atoms with Crippen LogP contribution >= 0.6 is 0 Å². The molecule has 76 valence electrons. The van der Waals surface area contributed by atoms with Crippen molar-refractivity contribution in [1.82, 2.24) is 15.2 Å². The number of H-pyrrole nitrogens is 1. The zero-order valence-corrected chi connectivity index (χ0v) is 8.19. The number of nitrogens with zero attached hydrogens (tertiary/aromatic N) is 2. The number of pyridine rings is 1. The molecule has 0 atom stereocenters. The van der Waals surface area contributed by atoms with E-state index in [1.54, 1.807) is 30.5 Å². The number of aromatic nitrogens is 3. The molecule has 5 heteroatoms. The van der Waals surface area contributed by atoms with Gasteiger partial charge in [0, 0.05) is 11.9 Å². The minimum absolute atomic E-state index is 0.266. The second-order valence-corrected chi connectivity index (χ2v) is 3.11. The fourth-order valence-electron chi connectivity index (χ4n) is 1.15. The molecule has 15 heavy (non-hydrogen) atoms. The summed E-state index contributed by atoms with van der Waals surface area (Å²) < 4.78 is 0. The number of amides is 1. The highest BCUT2D eigenvalue weighted by Gasteiger charge is 2.09. The van der Waals surface area contributed by atoms with Gasteiger partial charge in [-0.1, -0.05) is 6.07 Å². The average Bonchev–Trinajstić information content (AvgIpc) is 2.66. The van der Waals surface area contributed by atoms with Crippen LogP contribution in [0.3, 0.4) is 0 Å². The number of carbonyl (C=O) groups is 1. The molecular formula is C10H10N4O. The molecule has 0 unspecified atom stereocenters. The molecule has 0 aliphatic heterocycles. The third kappa shape index (κ3) is 2.19. The van der Waals surface area contributed by atoms with Crippen LogP contribution < -0.4 is 5.32 Å². The van der Waals surface area contributed by atoms with E-state index >= 15 is 0 Å². The Morgan fingerprint density at radius 3 is 2.93 bits per heavy atom. The first-order valence-corrected chi connectivity index (χ1v) is 4.50. The van der Waals surface area contributed by atoms with E-state index in [1.807, 2.05) is 6.92 Å². The van der Waals surface area contributed by atoms with Crippen molar-refractivity contribution in [2.75, 3.05) is 5.32 Å². The van der Waals surface area contributed by atoms with Crippen LogP contribution in [0.4, 0.5) is 5.82 Å². The molecule has 0 saturated carbocycles. The summed E-state index contributed by atoms with van der Waals surface area (Å²) in [6.45, 7) is 1.84. The van der Waals surface area contributed by atoms with Crippen LogP contribution in [-0.4, -0.2) is 21.1 Å². The molecule has 5 nitrogen and oxygen atoms in total. The normalized spacial score (nSPS) is 9.93. The van der Waals surface area contributed by atoms with Gasteiger partial charge in [0.15, 0.2) is 5.69 Å². The van der Waals surface area contributed by atoms with Crippen LogP contribution in [0.2, 0.25) is 0 Å². The molecule has 0 fully saturated rings. The van der Waals surface area contributed by atoms with E-state index in [9.17, 15) is 4.79 Å². The average molecular weight is 202 g/mol. The Labute approximate surface area is 86.5 Å². The second kappa shape index (κ2) is 3.91.